The van der Waals surface area contributed by atoms with E-state index in [0.717, 1.165) is 12.3 Å². The van der Waals surface area contributed by atoms with E-state index in [2.05, 4.69) is 30.9 Å². The highest BCUT2D eigenvalue weighted by molar-refractivity contribution is 14.0. The summed E-state index contributed by atoms with van der Waals surface area (Å²) in [5, 5.41) is 8.62. The number of alkyl halides is 3. The summed E-state index contributed by atoms with van der Waals surface area (Å²) in [5.41, 5.74) is -1.02. The zero-order valence-electron chi connectivity index (χ0n) is 13.9. The van der Waals surface area contributed by atoms with Crippen LogP contribution < -0.4 is 16.0 Å². The van der Waals surface area contributed by atoms with Gasteiger partial charge in [0.15, 0.2) is 15.8 Å². The lowest BCUT2D eigenvalue weighted by Crippen LogP contribution is -2.45. The van der Waals surface area contributed by atoms with Crippen LogP contribution in [0.5, 0.6) is 0 Å². The Labute approximate surface area is 166 Å². The monoisotopic (exact) mass is 508 g/mol. The predicted molar refractivity (Wildman–Crippen MR) is 102 cm³/mol. The molecule has 0 aliphatic carbocycles. The van der Waals surface area contributed by atoms with Crippen LogP contribution in [0, 0.1) is 0 Å². The van der Waals surface area contributed by atoms with Crippen molar-refractivity contribution in [2.24, 2.45) is 4.99 Å². The second kappa shape index (κ2) is 9.53. The highest BCUT2D eigenvalue weighted by Crippen LogP contribution is 2.27. The van der Waals surface area contributed by atoms with E-state index in [4.69, 9.17) is 0 Å². The van der Waals surface area contributed by atoms with E-state index < -0.39 is 21.7 Å². The number of halogens is 4. The fourth-order valence-corrected chi connectivity index (χ4v) is 3.93. The molecule has 3 N–H and O–H groups in total. The van der Waals surface area contributed by atoms with Crippen LogP contribution in [0.2, 0.25) is 0 Å². The summed E-state index contributed by atoms with van der Waals surface area (Å²) in [6.45, 7) is 0.587. The predicted octanol–water partition coefficient (Wildman–Crippen LogP) is 0.877. The highest BCUT2D eigenvalue weighted by Gasteiger charge is 2.32. The van der Waals surface area contributed by atoms with Crippen molar-refractivity contribution in [1.29, 1.82) is 0 Å². The van der Waals surface area contributed by atoms with Crippen molar-refractivity contribution < 1.29 is 21.6 Å². The molecule has 2 heterocycles. The molecule has 1 atom stereocenters. The Bertz CT molecular complexity index is 729. The topological polar surface area (TPSA) is 108 Å². The fourth-order valence-electron chi connectivity index (χ4n) is 2.25. The quantitative estimate of drug-likeness (QED) is 0.235. The number of anilines is 1. The van der Waals surface area contributed by atoms with Crippen LogP contribution in [0.15, 0.2) is 17.3 Å². The molecule has 1 saturated heterocycles. The van der Waals surface area contributed by atoms with Crippen molar-refractivity contribution in [3.8, 4) is 0 Å². The number of hydrogen-bond donors (Lipinski definition) is 3. The molecule has 13 heteroatoms. The van der Waals surface area contributed by atoms with Gasteiger partial charge in [0.05, 0.1) is 11.5 Å². The highest BCUT2D eigenvalue weighted by atomic mass is 127. The third kappa shape index (κ3) is 7.09. The molecule has 148 valence electrons. The molecule has 0 bridgehead atoms. The van der Waals surface area contributed by atoms with Gasteiger partial charge in [-0.25, -0.2) is 18.4 Å². The number of rotatable bonds is 5. The van der Waals surface area contributed by atoms with Gasteiger partial charge in [-0.3, -0.25) is 4.99 Å². The second-order valence-corrected chi connectivity index (χ2v) is 7.66. The molecule has 1 unspecified atom stereocenters. The summed E-state index contributed by atoms with van der Waals surface area (Å²) in [4.78, 5) is 11.1. The van der Waals surface area contributed by atoms with E-state index in [0.29, 0.717) is 18.9 Å². The average Bonchev–Trinajstić information content (AvgIpc) is 2.88. The Hall–Kier alpha value is -1.38. The SMILES string of the molecule is CN=C(NCCNc1nccc(C(F)(F)F)n1)NC1CCS(=O)(=O)C1.I. The summed E-state index contributed by atoms with van der Waals surface area (Å²) in [5.74, 6) is 0.510. The molecule has 26 heavy (non-hydrogen) atoms. The van der Waals surface area contributed by atoms with E-state index >= 15 is 0 Å². The standard InChI is InChI=1S/C13H19F3N6O2S.HI/c1-17-11(21-9-3-7-25(23,24)8-9)19-5-6-20-12-18-4-2-10(22-12)13(14,15)16;/h2,4,9H,3,5-8H2,1H3,(H2,17,19,21)(H,18,20,22);1H. The molecule has 0 aromatic carbocycles. The Morgan fingerprint density at radius 3 is 2.69 bits per heavy atom. The van der Waals surface area contributed by atoms with Crippen LogP contribution in [-0.2, 0) is 16.0 Å². The molecule has 0 saturated carbocycles. The smallest absolute Gasteiger partial charge is 0.355 e. The minimum absolute atomic E-state index is 0. The van der Waals surface area contributed by atoms with Crippen LogP contribution >= 0.6 is 24.0 Å². The first kappa shape index (κ1) is 22.7. The van der Waals surface area contributed by atoms with E-state index in [1.807, 2.05) is 0 Å². The van der Waals surface area contributed by atoms with Gasteiger partial charge in [-0.15, -0.1) is 24.0 Å². The first-order valence-electron chi connectivity index (χ1n) is 7.51. The molecule has 0 amide bonds. The van der Waals surface area contributed by atoms with Gasteiger partial charge in [0.2, 0.25) is 5.95 Å². The Morgan fingerprint density at radius 2 is 2.12 bits per heavy atom. The van der Waals surface area contributed by atoms with Gasteiger partial charge in [0.1, 0.15) is 5.69 Å². The first-order chi connectivity index (χ1) is 11.7. The van der Waals surface area contributed by atoms with Crippen LogP contribution in [0.25, 0.3) is 0 Å². The summed E-state index contributed by atoms with van der Waals surface area (Å²) in [7, 11) is -1.45. The summed E-state index contributed by atoms with van der Waals surface area (Å²) >= 11 is 0. The zero-order valence-corrected chi connectivity index (χ0v) is 17.0. The third-order valence-electron chi connectivity index (χ3n) is 3.44. The molecule has 8 nitrogen and oxygen atoms in total. The lowest BCUT2D eigenvalue weighted by Gasteiger charge is -2.16. The summed E-state index contributed by atoms with van der Waals surface area (Å²) < 4.78 is 60.5. The van der Waals surface area contributed by atoms with Crippen molar-refractivity contribution >= 4 is 45.7 Å². The summed E-state index contributed by atoms with van der Waals surface area (Å²) in [6.07, 6.45) is -2.98. The number of guanidine groups is 1. The van der Waals surface area contributed by atoms with E-state index in [1.54, 1.807) is 7.05 Å². The number of hydrogen-bond acceptors (Lipinski definition) is 6. The number of sulfone groups is 1. The maximum absolute atomic E-state index is 12.6. The molecule has 1 aliphatic heterocycles. The van der Waals surface area contributed by atoms with E-state index in [1.165, 1.54) is 0 Å². The minimum Gasteiger partial charge on any atom is -0.355 e. The molecule has 1 aromatic heterocycles. The van der Waals surface area contributed by atoms with Gasteiger partial charge in [-0.1, -0.05) is 0 Å². The molecule has 1 fully saturated rings. The van der Waals surface area contributed by atoms with Crippen molar-refractivity contribution in [1.82, 2.24) is 20.6 Å². The van der Waals surface area contributed by atoms with Crippen LogP contribution in [0.4, 0.5) is 19.1 Å². The number of nitrogens with one attached hydrogen (secondary N) is 3. The first-order valence-corrected chi connectivity index (χ1v) is 9.33. The number of aromatic nitrogens is 2. The van der Waals surface area contributed by atoms with Crippen LogP contribution in [-0.4, -0.2) is 62.0 Å². The zero-order chi connectivity index (χ0) is 18.5. The minimum atomic E-state index is -4.52. The Balaban J connectivity index is 0.00000338. The molecular formula is C13H20F3IN6O2S. The Morgan fingerprint density at radius 1 is 1.38 bits per heavy atom. The van der Waals surface area contributed by atoms with Gasteiger partial charge >= 0.3 is 6.18 Å². The van der Waals surface area contributed by atoms with E-state index in [-0.39, 0.29) is 54.0 Å². The molecule has 0 spiro atoms. The van der Waals surface area contributed by atoms with Crippen LogP contribution in [0.3, 0.4) is 0 Å². The third-order valence-corrected chi connectivity index (χ3v) is 5.21. The van der Waals surface area contributed by atoms with Crippen molar-refractivity contribution in [2.75, 3.05) is 37.0 Å². The maximum atomic E-state index is 12.6. The van der Waals surface area contributed by atoms with Gasteiger partial charge in [0, 0.05) is 32.4 Å². The molecule has 2 rings (SSSR count). The van der Waals surface area contributed by atoms with Gasteiger partial charge in [0.25, 0.3) is 0 Å². The van der Waals surface area contributed by atoms with Crippen molar-refractivity contribution in [3.05, 3.63) is 18.0 Å². The molecule has 1 aromatic rings. The lowest BCUT2D eigenvalue weighted by atomic mass is 10.3. The van der Waals surface area contributed by atoms with Gasteiger partial charge in [-0.2, -0.15) is 13.2 Å². The summed E-state index contributed by atoms with van der Waals surface area (Å²) in [6, 6.07) is 0.598. The van der Waals surface area contributed by atoms with E-state index in [9.17, 15) is 21.6 Å². The average molecular weight is 508 g/mol. The number of nitrogens with zero attached hydrogens (tertiary/aromatic N) is 3. The largest absolute Gasteiger partial charge is 0.433 e. The second-order valence-electron chi connectivity index (χ2n) is 5.43. The van der Waals surface area contributed by atoms with Crippen LogP contribution in [0.1, 0.15) is 12.1 Å². The van der Waals surface area contributed by atoms with Gasteiger partial charge < -0.3 is 16.0 Å². The Kier molecular flexibility index (Phi) is 8.30. The normalized spacial score (nSPS) is 19.5. The fraction of sp³-hybridized carbons (Fsp3) is 0.615. The lowest BCUT2D eigenvalue weighted by molar-refractivity contribution is -0.141. The molecular weight excluding hydrogens is 488 g/mol. The number of aliphatic imine (C=N–C) groups is 1. The van der Waals surface area contributed by atoms with Gasteiger partial charge in [-0.05, 0) is 12.5 Å². The molecule has 1 aliphatic rings. The maximum Gasteiger partial charge on any atom is 0.433 e. The van der Waals surface area contributed by atoms with Crippen molar-refractivity contribution in [2.45, 2.75) is 18.6 Å². The van der Waals surface area contributed by atoms with Crippen molar-refractivity contribution in [3.63, 3.8) is 0 Å². The molecule has 0 radical (unpaired) electrons.